The van der Waals surface area contributed by atoms with E-state index < -0.39 is 12.4 Å². The second-order valence-corrected chi connectivity index (χ2v) is 2.70. The molecule has 1 nitrogen and oxygen atoms in total. The number of pyridine rings is 1. The molecule has 0 aliphatic carbocycles. The molecule has 6 heteroatoms. The second-order valence-electron chi connectivity index (χ2n) is 2.70. The zero-order valence-electron chi connectivity index (χ0n) is 7.81. The molecular formula is C7H8BF3KN. The first-order chi connectivity index (χ1) is 5.41. The molecule has 66 valence electrons. The maximum Gasteiger partial charge on any atom is 1.00 e. The molecule has 0 aliphatic heterocycles. The fourth-order valence-corrected chi connectivity index (χ4v) is 1.04. The summed E-state index contributed by atoms with van der Waals surface area (Å²) in [5.74, 6) is 0. The van der Waals surface area contributed by atoms with Gasteiger partial charge in [0.25, 0.3) is 0 Å². The molecule has 1 heterocycles. The van der Waals surface area contributed by atoms with Crippen LogP contribution in [0.15, 0.2) is 12.1 Å². The summed E-state index contributed by atoms with van der Waals surface area (Å²) in [5, 5.41) is 0. The van der Waals surface area contributed by atoms with Crippen LogP contribution < -0.4 is 56.8 Å². The number of aryl methyl sites for hydroxylation is 2. The molecular weight excluding hydrogens is 205 g/mol. The fraction of sp³-hybridized carbons (Fsp3) is 0.286. The zero-order chi connectivity index (χ0) is 9.35. The van der Waals surface area contributed by atoms with Crippen molar-refractivity contribution in [2.45, 2.75) is 13.8 Å². The first-order valence-electron chi connectivity index (χ1n) is 3.55. The number of halogens is 3. The molecule has 1 aromatic rings. The summed E-state index contributed by atoms with van der Waals surface area (Å²) in [5.41, 5.74) is 0.0689. The third-order valence-electron chi connectivity index (χ3n) is 1.62. The molecule has 0 saturated heterocycles. The molecule has 0 aliphatic rings. The van der Waals surface area contributed by atoms with Crippen molar-refractivity contribution in [1.29, 1.82) is 0 Å². The largest absolute Gasteiger partial charge is 1.00 e. The van der Waals surface area contributed by atoms with Gasteiger partial charge in [0.05, 0.1) is 0 Å². The molecule has 0 N–H and O–H groups in total. The zero-order valence-corrected chi connectivity index (χ0v) is 10.9. The molecule has 1 aromatic heterocycles. The number of rotatable bonds is 1. The van der Waals surface area contributed by atoms with Crippen LogP contribution in [0, 0.1) is 13.8 Å². The number of hydrogen-bond acceptors (Lipinski definition) is 1. The number of hydrogen-bond donors (Lipinski definition) is 0. The molecule has 13 heavy (non-hydrogen) atoms. The van der Waals surface area contributed by atoms with Crippen molar-refractivity contribution in [3.05, 3.63) is 23.5 Å². The molecule has 0 spiro atoms. The molecule has 0 fully saturated rings. The summed E-state index contributed by atoms with van der Waals surface area (Å²) in [6, 6.07) is 2.45. The number of aromatic nitrogens is 1. The first-order valence-corrected chi connectivity index (χ1v) is 3.55. The summed E-state index contributed by atoms with van der Waals surface area (Å²) in [6.45, 7) is -1.87. The Balaban J connectivity index is 0.00000144. The smallest absolute Gasteiger partial charge is 0.445 e. The molecule has 0 radical (unpaired) electrons. The van der Waals surface area contributed by atoms with Crippen molar-refractivity contribution in [2.24, 2.45) is 0 Å². The van der Waals surface area contributed by atoms with Crippen molar-refractivity contribution in [3.63, 3.8) is 0 Å². The van der Waals surface area contributed by atoms with Gasteiger partial charge in [0.2, 0.25) is 0 Å². The van der Waals surface area contributed by atoms with Crippen LogP contribution in [0.4, 0.5) is 12.9 Å². The van der Waals surface area contributed by atoms with Crippen LogP contribution in [0.2, 0.25) is 0 Å². The van der Waals surface area contributed by atoms with E-state index in [4.69, 9.17) is 0 Å². The molecule has 0 bridgehead atoms. The molecule has 0 saturated carbocycles. The van der Waals surface area contributed by atoms with Gasteiger partial charge < -0.3 is 12.9 Å². The van der Waals surface area contributed by atoms with Crippen LogP contribution in [0.5, 0.6) is 0 Å². The summed E-state index contributed by atoms with van der Waals surface area (Å²) >= 11 is 0. The Morgan fingerprint density at radius 1 is 1.15 bits per heavy atom. The molecule has 1 rings (SSSR count). The fourth-order valence-electron chi connectivity index (χ4n) is 1.04. The van der Waals surface area contributed by atoms with Crippen molar-refractivity contribution in [2.75, 3.05) is 0 Å². The van der Waals surface area contributed by atoms with Crippen LogP contribution in [0.25, 0.3) is 0 Å². The minimum Gasteiger partial charge on any atom is -0.445 e. The van der Waals surface area contributed by atoms with E-state index >= 15 is 0 Å². The van der Waals surface area contributed by atoms with E-state index in [-0.39, 0.29) is 57.1 Å². The van der Waals surface area contributed by atoms with E-state index in [2.05, 4.69) is 4.98 Å². The van der Waals surface area contributed by atoms with Crippen molar-refractivity contribution < 1.29 is 64.3 Å². The van der Waals surface area contributed by atoms with E-state index in [1.54, 1.807) is 6.92 Å². The SMILES string of the molecule is Cc1ccc([B-](F)(F)F)c(C)n1.[K+]. The van der Waals surface area contributed by atoms with Gasteiger partial charge in [0, 0.05) is 11.4 Å². The predicted molar refractivity (Wildman–Crippen MR) is 42.4 cm³/mol. The maximum absolute atomic E-state index is 12.2. The van der Waals surface area contributed by atoms with Crippen LogP contribution in [-0.2, 0) is 0 Å². The monoisotopic (exact) mass is 213 g/mol. The molecule has 0 atom stereocenters. The van der Waals surface area contributed by atoms with Gasteiger partial charge in [-0.15, -0.1) is 0 Å². The van der Waals surface area contributed by atoms with E-state index in [0.29, 0.717) is 5.69 Å². The third-order valence-corrected chi connectivity index (χ3v) is 1.62. The third kappa shape index (κ3) is 3.71. The van der Waals surface area contributed by atoms with Crippen molar-refractivity contribution in [1.82, 2.24) is 4.98 Å². The van der Waals surface area contributed by atoms with Gasteiger partial charge in [-0.3, -0.25) is 4.98 Å². The van der Waals surface area contributed by atoms with Gasteiger partial charge in [-0.25, -0.2) is 0 Å². The van der Waals surface area contributed by atoms with E-state index in [1.165, 1.54) is 13.0 Å². The predicted octanol–water partition coefficient (Wildman–Crippen LogP) is -1.24. The average molecular weight is 213 g/mol. The Labute approximate surface area is 118 Å². The Bertz CT molecular complexity index is 300. The summed E-state index contributed by atoms with van der Waals surface area (Å²) in [4.78, 5) is 3.74. The normalized spacial score (nSPS) is 10.8. The minimum absolute atomic E-state index is 0. The van der Waals surface area contributed by atoms with Crippen LogP contribution in [-0.4, -0.2) is 12.0 Å². The van der Waals surface area contributed by atoms with Crippen LogP contribution >= 0.6 is 0 Å². The van der Waals surface area contributed by atoms with Gasteiger partial charge in [-0.05, 0) is 19.9 Å². The number of nitrogens with zero attached hydrogens (tertiary/aromatic N) is 1. The van der Waals surface area contributed by atoms with Gasteiger partial charge in [-0.2, -0.15) is 0 Å². The Kier molecular flexibility index (Phi) is 5.17. The average Bonchev–Trinajstić information content (AvgIpc) is 1.83. The van der Waals surface area contributed by atoms with E-state index in [0.717, 1.165) is 6.07 Å². The first kappa shape index (κ1) is 13.6. The van der Waals surface area contributed by atoms with Crippen LogP contribution in [0.1, 0.15) is 11.4 Å². The standard InChI is InChI=1S/C7H8BF3N.K/c1-5-3-4-7(6(2)12-5)8(9,10)11;/h3-4H,1-2H3;/q-1;+1. The van der Waals surface area contributed by atoms with Crippen molar-refractivity contribution in [3.8, 4) is 0 Å². The van der Waals surface area contributed by atoms with Crippen LogP contribution in [0.3, 0.4) is 0 Å². The Morgan fingerprint density at radius 2 is 1.69 bits per heavy atom. The van der Waals surface area contributed by atoms with Crippen molar-refractivity contribution >= 4 is 12.4 Å². The van der Waals surface area contributed by atoms with Gasteiger partial charge in [0.15, 0.2) is 0 Å². The summed E-state index contributed by atoms with van der Waals surface area (Å²) < 4.78 is 36.6. The van der Waals surface area contributed by atoms with Gasteiger partial charge >= 0.3 is 58.4 Å². The summed E-state index contributed by atoms with van der Waals surface area (Å²) in [7, 11) is 0. The van der Waals surface area contributed by atoms with Gasteiger partial charge in [-0.1, -0.05) is 11.5 Å². The van der Waals surface area contributed by atoms with E-state index in [1.807, 2.05) is 0 Å². The van der Waals surface area contributed by atoms with Gasteiger partial charge in [0.1, 0.15) is 0 Å². The molecule has 0 amide bonds. The Hall–Kier alpha value is 0.641. The minimum atomic E-state index is -4.91. The topological polar surface area (TPSA) is 12.9 Å². The Morgan fingerprint density at radius 3 is 2.08 bits per heavy atom. The molecule has 0 aromatic carbocycles. The summed E-state index contributed by atoms with van der Waals surface area (Å²) in [6.07, 6.45) is 0. The van der Waals surface area contributed by atoms with E-state index in [9.17, 15) is 12.9 Å². The molecule has 0 unspecified atom stereocenters. The second kappa shape index (κ2) is 4.93. The maximum atomic E-state index is 12.2. The quantitative estimate of drug-likeness (QED) is 0.531.